The number of hydrogen-bond donors (Lipinski definition) is 2. The highest BCUT2D eigenvalue weighted by Crippen LogP contribution is 2.16. The van der Waals surface area contributed by atoms with E-state index in [0.29, 0.717) is 24.4 Å². The topological polar surface area (TPSA) is 61.8 Å². The standard InChI is InChI=1S/C13H18N2O3/c1-15(11-7-14-8-12(11)16)13(17)9-4-3-5-10(6-9)18-2/h3-6,11-12,14,16H,7-8H2,1-2H3/t11-,12-/m1/s1. The van der Waals surface area contributed by atoms with E-state index >= 15 is 0 Å². The number of nitrogens with zero attached hydrogens (tertiary/aromatic N) is 1. The van der Waals surface area contributed by atoms with Crippen LogP contribution < -0.4 is 10.1 Å². The van der Waals surface area contributed by atoms with Crippen LogP contribution in [0.2, 0.25) is 0 Å². The van der Waals surface area contributed by atoms with E-state index in [2.05, 4.69) is 5.32 Å². The lowest BCUT2D eigenvalue weighted by atomic mass is 10.1. The van der Waals surface area contributed by atoms with Gasteiger partial charge in [0.05, 0.1) is 19.3 Å². The molecule has 2 atom stereocenters. The number of amides is 1. The molecule has 18 heavy (non-hydrogen) atoms. The fourth-order valence-electron chi connectivity index (χ4n) is 2.16. The minimum absolute atomic E-state index is 0.110. The molecule has 1 saturated heterocycles. The molecule has 0 radical (unpaired) electrons. The van der Waals surface area contributed by atoms with Crippen LogP contribution in [0.4, 0.5) is 0 Å². The first-order valence-corrected chi connectivity index (χ1v) is 5.93. The van der Waals surface area contributed by atoms with E-state index < -0.39 is 6.10 Å². The smallest absolute Gasteiger partial charge is 0.254 e. The summed E-state index contributed by atoms with van der Waals surface area (Å²) < 4.78 is 5.10. The Morgan fingerprint density at radius 3 is 2.89 bits per heavy atom. The summed E-state index contributed by atoms with van der Waals surface area (Å²) >= 11 is 0. The number of benzene rings is 1. The normalized spacial score (nSPS) is 22.8. The molecule has 1 heterocycles. The van der Waals surface area contributed by atoms with Gasteiger partial charge in [-0.1, -0.05) is 6.07 Å². The molecule has 0 saturated carbocycles. The van der Waals surface area contributed by atoms with Gasteiger partial charge in [0.2, 0.25) is 0 Å². The molecule has 5 heteroatoms. The van der Waals surface area contributed by atoms with Crippen LogP contribution in [0.3, 0.4) is 0 Å². The average Bonchev–Trinajstić information content (AvgIpc) is 2.83. The molecule has 2 N–H and O–H groups in total. The van der Waals surface area contributed by atoms with Crippen molar-refractivity contribution in [3.8, 4) is 5.75 Å². The maximum atomic E-state index is 12.3. The maximum Gasteiger partial charge on any atom is 0.254 e. The lowest BCUT2D eigenvalue weighted by Crippen LogP contribution is -2.44. The Kier molecular flexibility index (Phi) is 3.84. The van der Waals surface area contributed by atoms with Crippen molar-refractivity contribution in [3.63, 3.8) is 0 Å². The van der Waals surface area contributed by atoms with Crippen molar-refractivity contribution in [3.05, 3.63) is 29.8 Å². The number of aliphatic hydroxyl groups is 1. The third-order valence-corrected chi connectivity index (χ3v) is 3.29. The van der Waals surface area contributed by atoms with Gasteiger partial charge in [-0.05, 0) is 18.2 Å². The van der Waals surface area contributed by atoms with Gasteiger partial charge >= 0.3 is 0 Å². The highest BCUT2D eigenvalue weighted by molar-refractivity contribution is 5.94. The van der Waals surface area contributed by atoms with E-state index in [0.717, 1.165) is 0 Å². The van der Waals surface area contributed by atoms with Gasteiger partial charge in [0.15, 0.2) is 0 Å². The number of hydrogen-bond acceptors (Lipinski definition) is 4. The molecule has 2 rings (SSSR count). The zero-order valence-electron chi connectivity index (χ0n) is 10.6. The van der Waals surface area contributed by atoms with Gasteiger partial charge < -0.3 is 20.1 Å². The quantitative estimate of drug-likeness (QED) is 0.798. The molecule has 0 aliphatic carbocycles. The highest BCUT2D eigenvalue weighted by atomic mass is 16.5. The molecule has 1 aromatic rings. The second-order valence-corrected chi connectivity index (χ2v) is 4.44. The molecule has 1 aliphatic heterocycles. The summed E-state index contributed by atoms with van der Waals surface area (Å²) in [5.41, 5.74) is 0.566. The number of carbonyl (C=O) groups is 1. The number of carbonyl (C=O) groups excluding carboxylic acids is 1. The van der Waals surface area contributed by atoms with Crippen LogP contribution in [0.1, 0.15) is 10.4 Å². The van der Waals surface area contributed by atoms with Gasteiger partial charge in [0.25, 0.3) is 5.91 Å². The molecule has 0 aromatic heterocycles. The van der Waals surface area contributed by atoms with Crippen molar-refractivity contribution in [1.82, 2.24) is 10.2 Å². The van der Waals surface area contributed by atoms with Gasteiger partial charge in [-0.3, -0.25) is 4.79 Å². The van der Waals surface area contributed by atoms with Crippen molar-refractivity contribution < 1.29 is 14.6 Å². The Labute approximate surface area is 106 Å². The molecule has 1 aromatic carbocycles. The van der Waals surface area contributed by atoms with Gasteiger partial charge in [-0.2, -0.15) is 0 Å². The largest absolute Gasteiger partial charge is 0.497 e. The molecule has 1 amide bonds. The Morgan fingerprint density at radius 1 is 1.50 bits per heavy atom. The lowest BCUT2D eigenvalue weighted by Gasteiger charge is -2.26. The Hall–Kier alpha value is -1.59. The van der Waals surface area contributed by atoms with E-state index in [1.807, 2.05) is 0 Å². The summed E-state index contributed by atoms with van der Waals surface area (Å²) in [6, 6.07) is 6.85. The summed E-state index contributed by atoms with van der Waals surface area (Å²) in [7, 11) is 3.28. The van der Waals surface area contributed by atoms with E-state index in [1.54, 1.807) is 43.3 Å². The molecule has 1 fully saturated rings. The predicted molar refractivity (Wildman–Crippen MR) is 67.8 cm³/mol. The van der Waals surface area contributed by atoms with Crippen molar-refractivity contribution in [1.29, 1.82) is 0 Å². The zero-order chi connectivity index (χ0) is 13.1. The number of methoxy groups -OCH3 is 1. The molecule has 1 aliphatic rings. The fraction of sp³-hybridized carbons (Fsp3) is 0.462. The van der Waals surface area contributed by atoms with Gasteiger partial charge in [0, 0.05) is 25.7 Å². The Morgan fingerprint density at radius 2 is 2.28 bits per heavy atom. The number of likely N-dealkylation sites (N-methyl/N-ethyl adjacent to an activating group) is 1. The molecule has 0 spiro atoms. The van der Waals surface area contributed by atoms with Crippen LogP contribution in [0.15, 0.2) is 24.3 Å². The van der Waals surface area contributed by atoms with Crippen molar-refractivity contribution in [2.75, 3.05) is 27.2 Å². The molecule has 0 bridgehead atoms. The second-order valence-electron chi connectivity index (χ2n) is 4.44. The Balaban J connectivity index is 2.14. The second kappa shape index (κ2) is 5.37. The van der Waals surface area contributed by atoms with Crippen molar-refractivity contribution >= 4 is 5.91 Å². The summed E-state index contributed by atoms with van der Waals surface area (Å²) in [5.74, 6) is 0.543. The monoisotopic (exact) mass is 250 g/mol. The first-order chi connectivity index (χ1) is 8.63. The number of nitrogens with one attached hydrogen (secondary N) is 1. The lowest BCUT2D eigenvalue weighted by molar-refractivity contribution is 0.0581. The average molecular weight is 250 g/mol. The van der Waals surface area contributed by atoms with Gasteiger partial charge in [-0.15, -0.1) is 0 Å². The summed E-state index contributed by atoms with van der Waals surface area (Å²) in [5, 5.41) is 12.8. The minimum Gasteiger partial charge on any atom is -0.497 e. The molecular formula is C13H18N2O3. The van der Waals surface area contributed by atoms with E-state index in [4.69, 9.17) is 4.74 Å². The third-order valence-electron chi connectivity index (χ3n) is 3.29. The van der Waals surface area contributed by atoms with E-state index in [1.165, 1.54) is 0 Å². The number of rotatable bonds is 3. The molecule has 5 nitrogen and oxygen atoms in total. The predicted octanol–water partition coefficient (Wildman–Crippen LogP) is 0.0999. The van der Waals surface area contributed by atoms with Crippen molar-refractivity contribution in [2.24, 2.45) is 0 Å². The van der Waals surface area contributed by atoms with Crippen LogP contribution >= 0.6 is 0 Å². The van der Waals surface area contributed by atoms with Gasteiger partial charge in [-0.25, -0.2) is 0 Å². The summed E-state index contributed by atoms with van der Waals surface area (Å²) in [4.78, 5) is 13.9. The maximum absolute atomic E-state index is 12.3. The summed E-state index contributed by atoms with van der Waals surface area (Å²) in [6.07, 6.45) is -0.510. The number of β-amino-alcohol motifs (C(OH)–C–C–N with tert-alkyl or cyclic N) is 1. The van der Waals surface area contributed by atoms with Crippen LogP contribution in [0, 0.1) is 0 Å². The molecule has 98 valence electrons. The van der Waals surface area contributed by atoms with Gasteiger partial charge in [0.1, 0.15) is 5.75 Å². The van der Waals surface area contributed by atoms with Crippen LogP contribution in [-0.2, 0) is 0 Å². The van der Waals surface area contributed by atoms with Crippen LogP contribution in [0.25, 0.3) is 0 Å². The van der Waals surface area contributed by atoms with E-state index in [9.17, 15) is 9.90 Å². The van der Waals surface area contributed by atoms with Crippen molar-refractivity contribution in [2.45, 2.75) is 12.1 Å². The Bertz CT molecular complexity index is 436. The third kappa shape index (κ3) is 2.47. The molecular weight excluding hydrogens is 232 g/mol. The molecule has 0 unspecified atom stereocenters. The number of aliphatic hydroxyl groups excluding tert-OH is 1. The van der Waals surface area contributed by atoms with E-state index in [-0.39, 0.29) is 11.9 Å². The first-order valence-electron chi connectivity index (χ1n) is 5.93. The van der Waals surface area contributed by atoms with Crippen LogP contribution in [-0.4, -0.2) is 55.3 Å². The highest BCUT2D eigenvalue weighted by Gasteiger charge is 2.31. The fourth-order valence-corrected chi connectivity index (χ4v) is 2.16. The SMILES string of the molecule is COc1cccc(C(=O)N(C)[C@@H]2CNC[C@H]2O)c1. The minimum atomic E-state index is -0.510. The zero-order valence-corrected chi connectivity index (χ0v) is 10.6. The number of ether oxygens (including phenoxy) is 1. The first kappa shape index (κ1) is 12.9. The summed E-state index contributed by atoms with van der Waals surface area (Å²) in [6.45, 7) is 1.15. The van der Waals surface area contributed by atoms with Crippen LogP contribution in [0.5, 0.6) is 5.75 Å².